The minimum atomic E-state index is -0.622. The van der Waals surface area contributed by atoms with Crippen LogP contribution >= 0.6 is 11.6 Å². The van der Waals surface area contributed by atoms with Gasteiger partial charge in [-0.15, -0.1) is 0 Å². The molecule has 7 heteroatoms. The van der Waals surface area contributed by atoms with Gasteiger partial charge in [0.05, 0.1) is 11.7 Å². The number of rotatable bonds is 3. The molecule has 0 aromatic carbocycles. The van der Waals surface area contributed by atoms with Crippen LogP contribution in [0.1, 0.15) is 40.0 Å². The van der Waals surface area contributed by atoms with Gasteiger partial charge in [0.2, 0.25) is 11.2 Å². The maximum absolute atomic E-state index is 10.1. The second-order valence-corrected chi connectivity index (χ2v) is 6.03. The van der Waals surface area contributed by atoms with Crippen molar-refractivity contribution in [2.45, 2.75) is 51.7 Å². The Bertz CT molecular complexity index is 468. The topological polar surface area (TPSA) is 71.4 Å². The van der Waals surface area contributed by atoms with E-state index < -0.39 is 5.60 Å². The summed E-state index contributed by atoms with van der Waals surface area (Å²) in [5, 5.41) is 10.2. The molecule has 0 bridgehead atoms. The van der Waals surface area contributed by atoms with E-state index in [-0.39, 0.29) is 17.4 Å². The molecule has 1 unspecified atom stereocenters. The summed E-state index contributed by atoms with van der Waals surface area (Å²) in [6.45, 7) is 7.15. The summed E-state index contributed by atoms with van der Waals surface area (Å²) in [5.41, 5.74) is -0.622. The van der Waals surface area contributed by atoms with E-state index in [1.54, 1.807) is 0 Å². The van der Waals surface area contributed by atoms with Crippen LogP contribution in [0.25, 0.3) is 0 Å². The molecule has 20 heavy (non-hydrogen) atoms. The van der Waals surface area contributed by atoms with Gasteiger partial charge < -0.3 is 14.7 Å². The molecule has 112 valence electrons. The average Bonchev–Trinajstić information content (AvgIpc) is 2.48. The van der Waals surface area contributed by atoms with E-state index in [0.29, 0.717) is 18.9 Å². The van der Waals surface area contributed by atoms with E-state index in [1.807, 2.05) is 25.7 Å². The molecule has 1 aliphatic rings. The number of hydrogen-bond acceptors (Lipinski definition) is 6. The number of aliphatic hydroxyl groups is 1. The first-order valence-electron chi connectivity index (χ1n) is 6.91. The second-order valence-electron chi connectivity index (χ2n) is 5.69. The molecule has 1 aliphatic heterocycles. The minimum Gasteiger partial charge on any atom is -0.461 e. The number of ether oxygens (including phenoxy) is 1. The highest BCUT2D eigenvalue weighted by Gasteiger charge is 2.26. The van der Waals surface area contributed by atoms with Crippen LogP contribution in [0.3, 0.4) is 0 Å². The molecule has 1 fully saturated rings. The van der Waals surface area contributed by atoms with Crippen LogP contribution in [0.4, 0.5) is 5.95 Å². The van der Waals surface area contributed by atoms with Gasteiger partial charge >= 0.3 is 6.01 Å². The Morgan fingerprint density at radius 3 is 2.70 bits per heavy atom. The van der Waals surface area contributed by atoms with Crippen molar-refractivity contribution in [3.8, 4) is 6.01 Å². The molecular formula is C13H21ClN4O2. The lowest BCUT2D eigenvalue weighted by Crippen LogP contribution is -2.29. The van der Waals surface area contributed by atoms with Crippen molar-refractivity contribution in [2.24, 2.45) is 0 Å². The highest BCUT2D eigenvalue weighted by molar-refractivity contribution is 6.28. The molecule has 1 aromatic rings. The van der Waals surface area contributed by atoms with Gasteiger partial charge in [-0.05, 0) is 51.6 Å². The maximum atomic E-state index is 10.1. The average molecular weight is 301 g/mol. The number of nitrogens with zero attached hydrogens (tertiary/aromatic N) is 4. The summed E-state index contributed by atoms with van der Waals surface area (Å²) in [5.74, 6) is 0.512. The Hall–Kier alpha value is -1.14. The monoisotopic (exact) mass is 300 g/mol. The number of halogens is 1. The summed E-state index contributed by atoms with van der Waals surface area (Å²) >= 11 is 5.93. The van der Waals surface area contributed by atoms with Crippen LogP contribution in [-0.4, -0.2) is 44.9 Å². The van der Waals surface area contributed by atoms with Crippen LogP contribution in [0.5, 0.6) is 6.01 Å². The molecule has 0 spiro atoms. The van der Waals surface area contributed by atoms with Gasteiger partial charge in [0.1, 0.15) is 0 Å². The second kappa shape index (κ2) is 6.10. The fraction of sp³-hybridized carbons (Fsp3) is 0.769. The molecule has 1 saturated heterocycles. The zero-order chi connectivity index (χ0) is 14.8. The fourth-order valence-electron chi connectivity index (χ4n) is 2.19. The molecule has 1 atom stereocenters. The summed E-state index contributed by atoms with van der Waals surface area (Å²) in [6, 6.07) is 0.242. The standard InChI is InChI=1S/C13H21ClN4O2/c1-9(2)20-12-16-10(14)15-11(17-12)18-7-4-5-13(3,19)6-8-18/h9,19H,4-8H2,1-3H3. The first kappa shape index (κ1) is 15.3. The summed E-state index contributed by atoms with van der Waals surface area (Å²) in [6.07, 6.45) is 2.32. The van der Waals surface area contributed by atoms with E-state index >= 15 is 0 Å². The van der Waals surface area contributed by atoms with Crippen molar-refractivity contribution in [2.75, 3.05) is 18.0 Å². The lowest BCUT2D eigenvalue weighted by Gasteiger charge is -2.22. The highest BCUT2D eigenvalue weighted by Crippen LogP contribution is 2.24. The third-order valence-corrected chi connectivity index (χ3v) is 3.43. The molecule has 2 heterocycles. The molecule has 1 N–H and O–H groups in total. The van der Waals surface area contributed by atoms with Crippen LogP contribution in [0.15, 0.2) is 0 Å². The van der Waals surface area contributed by atoms with Gasteiger partial charge in [0.15, 0.2) is 0 Å². The number of aromatic nitrogens is 3. The predicted molar refractivity (Wildman–Crippen MR) is 77.3 cm³/mol. The molecule has 0 saturated carbocycles. The van der Waals surface area contributed by atoms with Crippen molar-refractivity contribution < 1.29 is 9.84 Å². The quantitative estimate of drug-likeness (QED) is 0.921. The van der Waals surface area contributed by atoms with E-state index in [9.17, 15) is 5.11 Å². The molecule has 0 radical (unpaired) electrons. The van der Waals surface area contributed by atoms with E-state index in [0.717, 1.165) is 19.4 Å². The Morgan fingerprint density at radius 1 is 1.25 bits per heavy atom. The van der Waals surface area contributed by atoms with Crippen molar-refractivity contribution in [3.05, 3.63) is 5.28 Å². The Kier molecular flexibility index (Phi) is 4.65. The van der Waals surface area contributed by atoms with Crippen molar-refractivity contribution in [1.29, 1.82) is 0 Å². The molecule has 2 rings (SSSR count). The van der Waals surface area contributed by atoms with Crippen molar-refractivity contribution >= 4 is 17.5 Å². The van der Waals surface area contributed by atoms with Gasteiger partial charge in [0, 0.05) is 13.1 Å². The van der Waals surface area contributed by atoms with Gasteiger partial charge in [-0.1, -0.05) is 0 Å². The normalized spacial score (nSPS) is 23.8. The number of anilines is 1. The molecule has 0 amide bonds. The minimum absolute atomic E-state index is 0.0221. The van der Waals surface area contributed by atoms with Crippen molar-refractivity contribution in [1.82, 2.24) is 15.0 Å². The van der Waals surface area contributed by atoms with Gasteiger partial charge in [-0.25, -0.2) is 0 Å². The Balaban J connectivity index is 2.17. The molecule has 1 aromatic heterocycles. The molecule has 0 aliphatic carbocycles. The summed E-state index contributed by atoms with van der Waals surface area (Å²) in [7, 11) is 0. The zero-order valence-electron chi connectivity index (χ0n) is 12.1. The third-order valence-electron chi connectivity index (χ3n) is 3.26. The summed E-state index contributed by atoms with van der Waals surface area (Å²) < 4.78 is 5.48. The van der Waals surface area contributed by atoms with E-state index in [2.05, 4.69) is 15.0 Å². The summed E-state index contributed by atoms with van der Waals surface area (Å²) in [4.78, 5) is 14.4. The lowest BCUT2D eigenvalue weighted by atomic mass is 9.98. The lowest BCUT2D eigenvalue weighted by molar-refractivity contribution is 0.0481. The highest BCUT2D eigenvalue weighted by atomic mass is 35.5. The largest absolute Gasteiger partial charge is 0.461 e. The van der Waals surface area contributed by atoms with Crippen molar-refractivity contribution in [3.63, 3.8) is 0 Å². The van der Waals surface area contributed by atoms with E-state index in [4.69, 9.17) is 16.3 Å². The number of hydrogen-bond donors (Lipinski definition) is 1. The van der Waals surface area contributed by atoms with Gasteiger partial charge in [-0.2, -0.15) is 15.0 Å². The molecule has 6 nitrogen and oxygen atoms in total. The smallest absolute Gasteiger partial charge is 0.322 e. The SMILES string of the molecule is CC(C)Oc1nc(Cl)nc(N2CCCC(C)(O)CC2)n1. The molecular weight excluding hydrogens is 280 g/mol. The van der Waals surface area contributed by atoms with Gasteiger partial charge in [0.25, 0.3) is 0 Å². The van der Waals surface area contributed by atoms with Crippen LogP contribution in [0, 0.1) is 0 Å². The zero-order valence-corrected chi connectivity index (χ0v) is 12.9. The maximum Gasteiger partial charge on any atom is 0.322 e. The first-order chi connectivity index (χ1) is 9.35. The third kappa shape index (κ3) is 4.18. The van der Waals surface area contributed by atoms with Crippen LogP contribution < -0.4 is 9.64 Å². The van der Waals surface area contributed by atoms with Gasteiger partial charge in [-0.3, -0.25) is 0 Å². The van der Waals surface area contributed by atoms with Crippen LogP contribution in [-0.2, 0) is 0 Å². The first-order valence-corrected chi connectivity index (χ1v) is 7.29. The fourth-order valence-corrected chi connectivity index (χ4v) is 2.34. The van der Waals surface area contributed by atoms with E-state index in [1.165, 1.54) is 0 Å². The Morgan fingerprint density at radius 2 is 2.00 bits per heavy atom. The Labute approximate surface area is 124 Å². The predicted octanol–water partition coefficient (Wildman–Crippen LogP) is 2.05. The van der Waals surface area contributed by atoms with Crippen LogP contribution in [0.2, 0.25) is 5.28 Å².